The maximum absolute atomic E-state index is 12.5. The van der Waals surface area contributed by atoms with E-state index in [1.165, 1.54) is 4.90 Å². The maximum atomic E-state index is 12.5. The molecule has 3 rings (SSSR count). The lowest BCUT2D eigenvalue weighted by Crippen LogP contribution is -2.30. The normalized spacial score (nSPS) is 24.3. The van der Waals surface area contributed by atoms with Crippen molar-refractivity contribution in [3.05, 3.63) is 29.8 Å². The van der Waals surface area contributed by atoms with Gasteiger partial charge in [-0.25, -0.2) is 4.79 Å². The number of benzene rings is 1. The number of hydrogen-bond donors (Lipinski definition) is 0. The molecule has 0 spiro atoms. The number of hydrogen-bond acceptors (Lipinski definition) is 4. The molecule has 22 heavy (non-hydrogen) atoms. The number of fused-ring (bicyclic) bond motifs is 1. The largest absolute Gasteiger partial charge is 0.462 e. The van der Waals surface area contributed by atoms with Crippen LogP contribution in [0.3, 0.4) is 0 Å². The van der Waals surface area contributed by atoms with Crippen LogP contribution in [-0.2, 0) is 14.3 Å². The molecule has 1 saturated heterocycles. The van der Waals surface area contributed by atoms with Crippen molar-refractivity contribution in [2.24, 2.45) is 11.8 Å². The summed E-state index contributed by atoms with van der Waals surface area (Å²) in [6, 6.07) is 6.46. The van der Waals surface area contributed by atoms with Gasteiger partial charge in [0.25, 0.3) is 0 Å². The highest BCUT2D eigenvalue weighted by Crippen LogP contribution is 2.40. The molecule has 2 fully saturated rings. The average Bonchev–Trinajstić information content (AvgIpc) is 2.80. The molecule has 1 aromatic carbocycles. The van der Waals surface area contributed by atoms with Gasteiger partial charge in [-0.15, -0.1) is 0 Å². The van der Waals surface area contributed by atoms with E-state index in [1.54, 1.807) is 31.2 Å². The van der Waals surface area contributed by atoms with Crippen LogP contribution in [0.5, 0.6) is 0 Å². The Bertz CT molecular complexity index is 584. The smallest absolute Gasteiger partial charge is 0.338 e. The third kappa shape index (κ3) is 2.40. The van der Waals surface area contributed by atoms with Crippen molar-refractivity contribution in [1.82, 2.24) is 0 Å². The fourth-order valence-corrected chi connectivity index (χ4v) is 3.38. The van der Waals surface area contributed by atoms with E-state index in [2.05, 4.69) is 0 Å². The van der Waals surface area contributed by atoms with Crippen LogP contribution < -0.4 is 4.90 Å². The first kappa shape index (κ1) is 14.8. The van der Waals surface area contributed by atoms with Gasteiger partial charge in [0.15, 0.2) is 0 Å². The Hall–Kier alpha value is -2.17. The van der Waals surface area contributed by atoms with E-state index >= 15 is 0 Å². The minimum absolute atomic E-state index is 0.0985. The number of carbonyl (C=O) groups is 3. The number of nitrogens with zero attached hydrogens (tertiary/aromatic N) is 1. The van der Waals surface area contributed by atoms with Gasteiger partial charge in [-0.3, -0.25) is 14.5 Å². The number of rotatable bonds is 3. The summed E-state index contributed by atoms with van der Waals surface area (Å²) in [5, 5.41) is 0. The third-order valence-electron chi connectivity index (χ3n) is 4.48. The number of ether oxygens (including phenoxy) is 1. The monoisotopic (exact) mass is 301 g/mol. The lowest BCUT2D eigenvalue weighted by atomic mass is 9.81. The highest BCUT2D eigenvalue weighted by molar-refractivity contribution is 6.22. The fraction of sp³-hybridized carbons (Fsp3) is 0.471. The molecule has 1 saturated carbocycles. The molecule has 2 atom stereocenters. The second kappa shape index (κ2) is 5.91. The van der Waals surface area contributed by atoms with Gasteiger partial charge in [-0.2, -0.15) is 0 Å². The summed E-state index contributed by atoms with van der Waals surface area (Å²) in [6.07, 6.45) is 3.62. The van der Waals surface area contributed by atoms with Crippen molar-refractivity contribution in [2.75, 3.05) is 11.5 Å². The van der Waals surface area contributed by atoms with Gasteiger partial charge in [0.1, 0.15) is 0 Å². The first-order chi connectivity index (χ1) is 10.6. The van der Waals surface area contributed by atoms with Crippen LogP contribution in [-0.4, -0.2) is 24.4 Å². The molecular formula is C17H19NO4. The van der Waals surface area contributed by atoms with E-state index in [1.807, 2.05) is 0 Å². The molecule has 1 aliphatic carbocycles. The summed E-state index contributed by atoms with van der Waals surface area (Å²) in [4.78, 5) is 37.9. The molecule has 1 heterocycles. The van der Waals surface area contributed by atoms with E-state index in [4.69, 9.17) is 4.74 Å². The second-order valence-corrected chi connectivity index (χ2v) is 5.78. The highest BCUT2D eigenvalue weighted by Gasteiger charge is 2.48. The van der Waals surface area contributed by atoms with Crippen LogP contribution in [0, 0.1) is 11.8 Å². The van der Waals surface area contributed by atoms with E-state index in [0.717, 1.165) is 25.7 Å². The van der Waals surface area contributed by atoms with Crippen LogP contribution in [0.1, 0.15) is 43.0 Å². The van der Waals surface area contributed by atoms with E-state index in [0.29, 0.717) is 17.9 Å². The summed E-state index contributed by atoms with van der Waals surface area (Å²) in [5.74, 6) is -0.920. The van der Waals surface area contributed by atoms with Crippen molar-refractivity contribution in [2.45, 2.75) is 32.6 Å². The quantitative estimate of drug-likeness (QED) is 0.636. The number of imide groups is 1. The van der Waals surface area contributed by atoms with Gasteiger partial charge in [-0.1, -0.05) is 12.8 Å². The molecule has 2 amide bonds. The summed E-state index contributed by atoms with van der Waals surface area (Å²) < 4.78 is 4.93. The van der Waals surface area contributed by atoms with Crippen molar-refractivity contribution >= 4 is 23.5 Å². The SMILES string of the molecule is CCOC(=O)c1ccc(N2C(=O)C3CCCCC3C2=O)cc1. The van der Waals surface area contributed by atoms with Gasteiger partial charge in [0.05, 0.1) is 29.7 Å². The van der Waals surface area contributed by atoms with E-state index in [-0.39, 0.29) is 23.7 Å². The summed E-state index contributed by atoms with van der Waals surface area (Å²) in [7, 11) is 0. The molecule has 0 N–H and O–H groups in total. The zero-order chi connectivity index (χ0) is 15.7. The van der Waals surface area contributed by atoms with E-state index in [9.17, 15) is 14.4 Å². The van der Waals surface area contributed by atoms with Gasteiger partial charge >= 0.3 is 5.97 Å². The van der Waals surface area contributed by atoms with E-state index < -0.39 is 5.97 Å². The molecule has 5 nitrogen and oxygen atoms in total. The third-order valence-corrected chi connectivity index (χ3v) is 4.48. The maximum Gasteiger partial charge on any atom is 0.338 e. The standard InChI is InChI=1S/C17H19NO4/c1-2-22-17(21)11-7-9-12(10-8-11)18-15(19)13-5-3-4-6-14(13)16(18)20/h7-10,13-14H,2-6H2,1H3. The van der Waals surface area contributed by atoms with Crippen molar-refractivity contribution in [3.63, 3.8) is 0 Å². The van der Waals surface area contributed by atoms with Gasteiger partial charge in [0, 0.05) is 0 Å². The Morgan fingerprint density at radius 2 is 1.64 bits per heavy atom. The molecule has 1 aromatic rings. The molecular weight excluding hydrogens is 282 g/mol. The van der Waals surface area contributed by atoms with Crippen molar-refractivity contribution in [1.29, 1.82) is 0 Å². The molecule has 116 valence electrons. The summed E-state index contributed by atoms with van der Waals surface area (Å²) in [5.41, 5.74) is 0.958. The van der Waals surface area contributed by atoms with Crippen LogP contribution in [0.15, 0.2) is 24.3 Å². The van der Waals surface area contributed by atoms with Gasteiger partial charge in [-0.05, 0) is 44.0 Å². The molecule has 2 unspecified atom stereocenters. The Morgan fingerprint density at radius 1 is 1.09 bits per heavy atom. The molecule has 1 aliphatic heterocycles. The molecule has 5 heteroatoms. The lowest BCUT2D eigenvalue weighted by Gasteiger charge is -2.19. The summed E-state index contributed by atoms with van der Waals surface area (Å²) >= 11 is 0. The number of carbonyl (C=O) groups excluding carboxylic acids is 3. The molecule has 0 radical (unpaired) electrons. The minimum atomic E-state index is -0.401. The Labute approximate surface area is 129 Å². The Kier molecular flexibility index (Phi) is 3.96. The zero-order valence-corrected chi connectivity index (χ0v) is 12.6. The van der Waals surface area contributed by atoms with Crippen LogP contribution in [0.2, 0.25) is 0 Å². The van der Waals surface area contributed by atoms with Gasteiger partial charge in [0.2, 0.25) is 11.8 Å². The number of anilines is 1. The topological polar surface area (TPSA) is 63.7 Å². The fourth-order valence-electron chi connectivity index (χ4n) is 3.38. The molecule has 2 aliphatic rings. The molecule has 0 aromatic heterocycles. The number of esters is 1. The van der Waals surface area contributed by atoms with Crippen molar-refractivity contribution in [3.8, 4) is 0 Å². The van der Waals surface area contributed by atoms with Crippen LogP contribution in [0.25, 0.3) is 0 Å². The zero-order valence-electron chi connectivity index (χ0n) is 12.6. The predicted octanol–water partition coefficient (Wildman–Crippen LogP) is 2.54. The predicted molar refractivity (Wildman–Crippen MR) is 80.3 cm³/mol. The lowest BCUT2D eigenvalue weighted by molar-refractivity contribution is -0.122. The minimum Gasteiger partial charge on any atom is -0.462 e. The summed E-state index contributed by atoms with van der Waals surface area (Å²) in [6.45, 7) is 2.06. The molecule has 0 bridgehead atoms. The second-order valence-electron chi connectivity index (χ2n) is 5.78. The first-order valence-corrected chi connectivity index (χ1v) is 7.78. The van der Waals surface area contributed by atoms with Crippen LogP contribution in [0.4, 0.5) is 5.69 Å². The van der Waals surface area contributed by atoms with Crippen molar-refractivity contribution < 1.29 is 19.1 Å². The first-order valence-electron chi connectivity index (χ1n) is 7.78. The van der Waals surface area contributed by atoms with Crippen LogP contribution >= 0.6 is 0 Å². The Balaban J connectivity index is 1.83. The Morgan fingerprint density at radius 3 is 2.14 bits per heavy atom. The highest BCUT2D eigenvalue weighted by atomic mass is 16.5. The average molecular weight is 301 g/mol. The van der Waals surface area contributed by atoms with Gasteiger partial charge < -0.3 is 4.74 Å². The number of amides is 2.